The number of hydrogen-bond donors (Lipinski definition) is 3. The molecule has 3 unspecified atom stereocenters. The van der Waals surface area contributed by atoms with Crippen LogP contribution in [0.5, 0.6) is 0 Å². The highest BCUT2D eigenvalue weighted by molar-refractivity contribution is 7.47. The van der Waals surface area contributed by atoms with Gasteiger partial charge >= 0.3 is 39.5 Å². The summed E-state index contributed by atoms with van der Waals surface area (Å²) >= 11 is 0. The van der Waals surface area contributed by atoms with Crippen molar-refractivity contribution in [1.29, 1.82) is 0 Å². The molecule has 552 valence electrons. The third-order valence-corrected chi connectivity index (χ3v) is 19.4. The van der Waals surface area contributed by atoms with Crippen molar-refractivity contribution in [2.75, 3.05) is 39.6 Å². The van der Waals surface area contributed by atoms with Gasteiger partial charge in [0.25, 0.3) is 0 Å². The van der Waals surface area contributed by atoms with Crippen LogP contribution in [-0.2, 0) is 65.4 Å². The largest absolute Gasteiger partial charge is 0.472 e. The molecule has 0 aliphatic rings. The second-order valence-corrected chi connectivity index (χ2v) is 30.8. The van der Waals surface area contributed by atoms with Gasteiger partial charge in [0.2, 0.25) is 0 Å². The van der Waals surface area contributed by atoms with Crippen molar-refractivity contribution >= 4 is 39.5 Å². The fraction of sp³-hybridized carbons (Fsp3) is 0.946. The molecule has 0 spiro atoms. The first-order valence-electron chi connectivity index (χ1n) is 38.4. The minimum absolute atomic E-state index is 0.104. The number of esters is 4. The zero-order chi connectivity index (χ0) is 68.7. The van der Waals surface area contributed by atoms with Crippen LogP contribution in [-0.4, -0.2) is 96.7 Å². The van der Waals surface area contributed by atoms with E-state index in [2.05, 4.69) is 48.5 Å². The van der Waals surface area contributed by atoms with Crippen molar-refractivity contribution in [2.24, 2.45) is 17.8 Å². The first kappa shape index (κ1) is 91.1. The van der Waals surface area contributed by atoms with Gasteiger partial charge in [0.05, 0.1) is 26.4 Å². The van der Waals surface area contributed by atoms with Crippen LogP contribution in [0.25, 0.3) is 0 Å². The number of aliphatic hydroxyl groups excluding tert-OH is 1. The maximum Gasteiger partial charge on any atom is 0.472 e. The SMILES string of the molecule is CCCCCCCCCCCC(=O)OC[C@H](COP(=O)(O)OC[C@H](O)COP(=O)(O)OC[C@@H](COC(=O)CCCCCCCCCCC(C)CC)OC(=O)CCCCCCCCCCCCCCCCCCCCC(C)C)OC(=O)CCCCCCCCCCC(C)C. The van der Waals surface area contributed by atoms with Crippen LogP contribution < -0.4 is 0 Å². The summed E-state index contributed by atoms with van der Waals surface area (Å²) in [6, 6.07) is 0. The van der Waals surface area contributed by atoms with Crippen molar-refractivity contribution in [3.05, 3.63) is 0 Å². The Morgan fingerprint density at radius 3 is 0.817 bits per heavy atom. The molecule has 0 aliphatic heterocycles. The molecule has 17 nitrogen and oxygen atoms in total. The van der Waals surface area contributed by atoms with Crippen LogP contribution in [0.3, 0.4) is 0 Å². The molecule has 0 amide bonds. The molecule has 0 rings (SSSR count). The lowest BCUT2D eigenvalue weighted by molar-refractivity contribution is -0.161. The molecule has 0 aromatic rings. The summed E-state index contributed by atoms with van der Waals surface area (Å²) in [6.45, 7) is 11.9. The fourth-order valence-electron chi connectivity index (χ4n) is 11.2. The van der Waals surface area contributed by atoms with Crippen molar-refractivity contribution in [2.45, 2.75) is 394 Å². The topological polar surface area (TPSA) is 237 Å². The third kappa shape index (κ3) is 67.0. The van der Waals surface area contributed by atoms with Crippen LogP contribution in [0, 0.1) is 17.8 Å². The Labute approximate surface area is 568 Å². The van der Waals surface area contributed by atoms with Crippen molar-refractivity contribution in [1.82, 2.24) is 0 Å². The molecule has 0 aromatic carbocycles. The molecule has 0 aromatic heterocycles. The van der Waals surface area contributed by atoms with Crippen LogP contribution in [0.2, 0.25) is 0 Å². The number of hydrogen-bond acceptors (Lipinski definition) is 15. The predicted octanol–water partition coefficient (Wildman–Crippen LogP) is 21.4. The summed E-state index contributed by atoms with van der Waals surface area (Å²) < 4.78 is 68.4. The van der Waals surface area contributed by atoms with E-state index in [-0.39, 0.29) is 25.7 Å². The van der Waals surface area contributed by atoms with Crippen molar-refractivity contribution < 1.29 is 80.2 Å². The van der Waals surface area contributed by atoms with Gasteiger partial charge in [-0.05, 0) is 43.4 Å². The first-order valence-corrected chi connectivity index (χ1v) is 41.4. The standard InChI is InChI=1S/C74H144O17P2/c1-8-10-11-12-13-24-34-41-48-55-71(76)84-61-70(91-74(79)58-51-44-37-29-27-32-39-46-53-66(5)6)64-89-93(82,83)87-60-68(75)59-86-92(80,81)88-63-69(62-85-72(77)56-49-42-35-30-28-33-40-47-54-67(7)9-2)90-73(78)57-50-43-36-26-23-21-19-17-15-14-16-18-20-22-25-31-38-45-52-65(3)4/h65-70,75H,8-64H2,1-7H3,(H,80,81)(H,82,83)/t67?,68-,69-,70-/m1/s1. The summed E-state index contributed by atoms with van der Waals surface area (Å²) in [5.41, 5.74) is 0. The first-order chi connectivity index (χ1) is 44.8. The van der Waals surface area contributed by atoms with E-state index >= 15 is 0 Å². The Hall–Kier alpha value is -1.94. The van der Waals surface area contributed by atoms with Crippen LogP contribution in [0.1, 0.15) is 376 Å². The van der Waals surface area contributed by atoms with Gasteiger partial charge in [0, 0.05) is 25.7 Å². The molecule has 0 fully saturated rings. The molecule has 0 heterocycles. The van der Waals surface area contributed by atoms with Crippen LogP contribution in [0.15, 0.2) is 0 Å². The van der Waals surface area contributed by atoms with Gasteiger partial charge in [-0.25, -0.2) is 9.13 Å². The van der Waals surface area contributed by atoms with Crippen molar-refractivity contribution in [3.63, 3.8) is 0 Å². The molecule has 0 saturated heterocycles. The lowest BCUT2D eigenvalue weighted by Gasteiger charge is -2.21. The number of unbranched alkanes of at least 4 members (excludes halogenated alkanes) is 39. The number of carbonyl (C=O) groups excluding carboxylic acids is 4. The van der Waals surface area contributed by atoms with Crippen LogP contribution in [0.4, 0.5) is 0 Å². The van der Waals surface area contributed by atoms with Gasteiger partial charge in [-0.1, -0.05) is 325 Å². The minimum atomic E-state index is -4.96. The quantitative estimate of drug-likeness (QED) is 0.0222. The van der Waals surface area contributed by atoms with E-state index in [0.717, 1.165) is 108 Å². The molecule has 0 saturated carbocycles. The Bertz CT molecular complexity index is 1820. The molecular weight excluding hydrogens is 1220 g/mol. The maximum absolute atomic E-state index is 13.1. The molecule has 19 heteroatoms. The van der Waals surface area contributed by atoms with E-state index in [9.17, 15) is 43.2 Å². The lowest BCUT2D eigenvalue weighted by atomic mass is 9.99. The van der Waals surface area contributed by atoms with Gasteiger partial charge in [0.15, 0.2) is 12.2 Å². The number of rotatable bonds is 72. The number of phosphoric ester groups is 2. The second-order valence-electron chi connectivity index (χ2n) is 27.9. The smallest absolute Gasteiger partial charge is 0.462 e. The van der Waals surface area contributed by atoms with E-state index in [1.807, 2.05) is 0 Å². The molecule has 3 N–H and O–H groups in total. The van der Waals surface area contributed by atoms with Crippen LogP contribution >= 0.6 is 15.6 Å². The highest BCUT2D eigenvalue weighted by atomic mass is 31.2. The molecule has 0 aliphatic carbocycles. The number of aliphatic hydroxyl groups is 1. The second kappa shape index (κ2) is 64.7. The average Bonchev–Trinajstić information content (AvgIpc) is 1.65. The molecule has 6 atom stereocenters. The summed E-state index contributed by atoms with van der Waals surface area (Å²) in [4.78, 5) is 72.6. The zero-order valence-corrected chi connectivity index (χ0v) is 62.5. The lowest BCUT2D eigenvalue weighted by Crippen LogP contribution is -2.30. The maximum atomic E-state index is 13.1. The van der Waals surface area contributed by atoms with Gasteiger partial charge in [0.1, 0.15) is 19.3 Å². The average molecular weight is 1370 g/mol. The van der Waals surface area contributed by atoms with Gasteiger partial charge in [-0.2, -0.15) is 0 Å². The summed E-state index contributed by atoms with van der Waals surface area (Å²) in [5, 5.41) is 10.6. The summed E-state index contributed by atoms with van der Waals surface area (Å²) in [7, 11) is -9.90. The van der Waals surface area contributed by atoms with E-state index in [1.165, 1.54) is 186 Å². The molecular formula is C74H144O17P2. The van der Waals surface area contributed by atoms with E-state index in [4.69, 9.17) is 37.0 Å². The molecule has 0 radical (unpaired) electrons. The minimum Gasteiger partial charge on any atom is -0.462 e. The Morgan fingerprint density at radius 1 is 0.312 bits per heavy atom. The van der Waals surface area contributed by atoms with E-state index < -0.39 is 97.5 Å². The third-order valence-electron chi connectivity index (χ3n) is 17.5. The number of ether oxygens (including phenoxy) is 4. The van der Waals surface area contributed by atoms with Gasteiger partial charge in [-0.15, -0.1) is 0 Å². The fourth-order valence-corrected chi connectivity index (χ4v) is 12.8. The molecule has 0 bridgehead atoms. The summed E-state index contributed by atoms with van der Waals surface area (Å²) in [6.07, 6.45) is 50.1. The predicted molar refractivity (Wildman–Crippen MR) is 377 cm³/mol. The van der Waals surface area contributed by atoms with Gasteiger partial charge in [-0.3, -0.25) is 37.3 Å². The Kier molecular flexibility index (Phi) is 63.4. The van der Waals surface area contributed by atoms with Gasteiger partial charge < -0.3 is 33.8 Å². The van der Waals surface area contributed by atoms with E-state index in [1.54, 1.807) is 0 Å². The Morgan fingerprint density at radius 2 is 0.548 bits per heavy atom. The summed E-state index contributed by atoms with van der Waals surface area (Å²) in [5.74, 6) is 0.192. The van der Waals surface area contributed by atoms with Crippen molar-refractivity contribution in [3.8, 4) is 0 Å². The highest BCUT2D eigenvalue weighted by Gasteiger charge is 2.30. The number of phosphoric acid groups is 2. The Balaban J connectivity index is 5.18. The number of carbonyl (C=O) groups is 4. The molecule has 93 heavy (non-hydrogen) atoms. The highest BCUT2D eigenvalue weighted by Crippen LogP contribution is 2.45. The zero-order valence-electron chi connectivity index (χ0n) is 60.7. The normalized spacial score (nSPS) is 14.4. The van der Waals surface area contributed by atoms with E-state index in [0.29, 0.717) is 25.7 Å². The monoisotopic (exact) mass is 1370 g/mol.